The summed E-state index contributed by atoms with van der Waals surface area (Å²) in [5.74, 6) is -1.41. The third-order valence-electron chi connectivity index (χ3n) is 9.53. The molecule has 2 unspecified atom stereocenters. The van der Waals surface area contributed by atoms with Crippen molar-refractivity contribution in [3.63, 3.8) is 0 Å². The number of rotatable bonds is 4. The van der Waals surface area contributed by atoms with Crippen LogP contribution in [0.4, 0.5) is 13.2 Å². The minimum absolute atomic E-state index is 0.0650. The van der Waals surface area contributed by atoms with Crippen LogP contribution < -0.4 is 5.73 Å². The molecule has 5 heterocycles. The van der Waals surface area contributed by atoms with E-state index in [-0.39, 0.29) is 63.9 Å². The van der Waals surface area contributed by atoms with Crippen LogP contribution in [0.2, 0.25) is 0 Å². The number of aromatic nitrogens is 2. The largest absolute Gasteiger partial charge is 0.433 e. The summed E-state index contributed by atoms with van der Waals surface area (Å²) in [6, 6.07) is 4.04. The Morgan fingerprint density at radius 3 is 2.46 bits per heavy atom. The molecule has 0 bridgehead atoms. The second-order valence-corrected chi connectivity index (χ2v) is 13.7. The van der Waals surface area contributed by atoms with Gasteiger partial charge in [0.1, 0.15) is 5.69 Å². The van der Waals surface area contributed by atoms with Gasteiger partial charge in [0, 0.05) is 41.2 Å². The number of halogens is 3. The Morgan fingerprint density at radius 2 is 1.85 bits per heavy atom. The number of pyridine rings is 2. The Bertz CT molecular complexity index is 1650. The molecule has 4 fully saturated rings. The van der Waals surface area contributed by atoms with Crippen LogP contribution in [0.25, 0.3) is 21.5 Å². The summed E-state index contributed by atoms with van der Waals surface area (Å²) in [7, 11) is 0. The highest BCUT2D eigenvalue weighted by Gasteiger charge is 2.72. The maximum Gasteiger partial charge on any atom is 0.433 e. The SMILES string of the molecule is Cc1cc(C(F)(F)F)nc(-c2ccnc3cc(CN4C(=O)C5C(C4=O)C5(C)C)sc23)c1C(=O)N1C[C@@H](N)C2(CC2)C1. The number of alkyl halides is 3. The first-order valence-corrected chi connectivity index (χ1v) is 14.4. The molecule has 3 atom stereocenters. The van der Waals surface area contributed by atoms with E-state index in [0.29, 0.717) is 33.7 Å². The molecule has 1 spiro atoms. The van der Waals surface area contributed by atoms with Gasteiger partial charge in [-0.2, -0.15) is 13.2 Å². The number of amides is 3. The van der Waals surface area contributed by atoms with E-state index in [4.69, 9.17) is 5.73 Å². The number of carbonyl (C=O) groups excluding carboxylic acids is 3. The standard InChI is InChI=1S/C29H28F3N5O3S/c1-13-8-18(29(30,31)32)35-22(19(13)24(38)36-11-17(33)28(12-36)5-6-28)15-4-7-34-16-9-14(41-23(15)16)10-37-25(39)20-21(26(37)40)27(20,2)3/h4,7-9,17,20-21H,5-6,10-12,33H2,1-3H3/t17-,20?,21?/m1/s1. The van der Waals surface area contributed by atoms with Crippen molar-refractivity contribution in [2.24, 2.45) is 28.4 Å². The Balaban J connectivity index is 1.30. The molecule has 0 aromatic carbocycles. The number of aryl methyl sites for hydroxylation is 1. The lowest BCUT2D eigenvalue weighted by atomic mass is 9.99. The number of fused-ring (bicyclic) bond motifs is 2. The normalized spacial score (nSPS) is 25.9. The number of piperidine rings is 1. The molecule has 2 aliphatic heterocycles. The second kappa shape index (κ2) is 8.34. The number of nitrogens with zero attached hydrogens (tertiary/aromatic N) is 4. The van der Waals surface area contributed by atoms with E-state index >= 15 is 0 Å². The maximum atomic E-state index is 13.9. The first-order valence-electron chi connectivity index (χ1n) is 13.6. The Morgan fingerprint density at radius 1 is 1.17 bits per heavy atom. The van der Waals surface area contributed by atoms with E-state index in [9.17, 15) is 27.6 Å². The van der Waals surface area contributed by atoms with Crippen LogP contribution in [0.3, 0.4) is 0 Å². The van der Waals surface area contributed by atoms with Gasteiger partial charge in [0.2, 0.25) is 11.8 Å². The van der Waals surface area contributed by atoms with Gasteiger partial charge in [-0.25, -0.2) is 4.98 Å². The average molecular weight is 584 g/mol. The molecule has 8 nitrogen and oxygen atoms in total. The minimum atomic E-state index is -4.72. The van der Waals surface area contributed by atoms with Crippen molar-refractivity contribution in [1.29, 1.82) is 0 Å². The molecule has 4 aliphatic rings. The number of hydrogen-bond acceptors (Lipinski definition) is 7. The predicted molar refractivity (Wildman–Crippen MR) is 144 cm³/mol. The fourth-order valence-corrected chi connectivity index (χ4v) is 7.96. The highest BCUT2D eigenvalue weighted by Crippen LogP contribution is 2.63. The van der Waals surface area contributed by atoms with Crippen molar-refractivity contribution in [2.45, 2.75) is 52.4 Å². The zero-order valence-electron chi connectivity index (χ0n) is 22.7. The molecule has 3 aromatic heterocycles. The first kappa shape index (κ1) is 26.5. The summed E-state index contributed by atoms with van der Waals surface area (Å²) < 4.78 is 42.3. The van der Waals surface area contributed by atoms with Crippen molar-refractivity contribution in [3.8, 4) is 11.3 Å². The number of nitrogens with two attached hydrogens (primary N) is 1. The lowest BCUT2D eigenvalue weighted by Gasteiger charge is -2.21. The van der Waals surface area contributed by atoms with Gasteiger partial charge in [0.15, 0.2) is 0 Å². The van der Waals surface area contributed by atoms with Gasteiger partial charge in [-0.05, 0) is 48.9 Å². The van der Waals surface area contributed by atoms with E-state index in [0.717, 1.165) is 18.9 Å². The van der Waals surface area contributed by atoms with Gasteiger partial charge in [0.25, 0.3) is 5.91 Å². The Kier molecular flexibility index (Phi) is 5.40. The summed E-state index contributed by atoms with van der Waals surface area (Å²) in [6.45, 7) is 6.19. The lowest BCUT2D eigenvalue weighted by Crippen LogP contribution is -2.35. The molecule has 2 N–H and O–H groups in total. The molecular formula is C29H28F3N5O3S. The molecule has 3 amide bonds. The van der Waals surface area contributed by atoms with E-state index in [1.54, 1.807) is 17.0 Å². The van der Waals surface area contributed by atoms with E-state index in [1.165, 1.54) is 29.4 Å². The molecule has 2 aliphatic carbocycles. The summed E-state index contributed by atoms with van der Waals surface area (Å²) in [6.07, 6.45) is -1.39. The van der Waals surface area contributed by atoms with Gasteiger partial charge in [0.05, 0.1) is 39.9 Å². The van der Waals surface area contributed by atoms with Crippen LogP contribution in [0, 0.1) is 29.6 Å². The third kappa shape index (κ3) is 3.86. The van der Waals surface area contributed by atoms with Crippen molar-refractivity contribution in [3.05, 3.63) is 46.1 Å². The second-order valence-electron chi connectivity index (χ2n) is 12.5. The van der Waals surface area contributed by atoms with Gasteiger partial charge < -0.3 is 10.6 Å². The van der Waals surface area contributed by atoms with Crippen molar-refractivity contribution >= 4 is 39.3 Å². The summed E-state index contributed by atoms with van der Waals surface area (Å²) in [5.41, 5.74) is 5.86. The number of hydrogen-bond donors (Lipinski definition) is 1. The summed E-state index contributed by atoms with van der Waals surface area (Å²) >= 11 is 1.23. The average Bonchev–Trinajstić information content (AvgIpc) is 3.63. The quantitative estimate of drug-likeness (QED) is 0.457. The number of imide groups is 1. The van der Waals surface area contributed by atoms with Crippen LogP contribution in [0.15, 0.2) is 24.4 Å². The highest BCUT2D eigenvalue weighted by molar-refractivity contribution is 7.19. The molecule has 214 valence electrons. The number of likely N-dealkylation sites (tertiary alicyclic amines) is 2. The fraction of sp³-hybridized carbons (Fsp3) is 0.483. The molecule has 7 rings (SSSR count). The molecule has 12 heteroatoms. The summed E-state index contributed by atoms with van der Waals surface area (Å²) in [5, 5.41) is 0. The molecule has 3 aromatic rings. The maximum absolute atomic E-state index is 13.9. The molecule has 41 heavy (non-hydrogen) atoms. The molecule has 2 saturated carbocycles. The van der Waals surface area contributed by atoms with Crippen LogP contribution in [-0.2, 0) is 22.3 Å². The fourth-order valence-electron chi connectivity index (χ4n) is 6.85. The Hall–Kier alpha value is -3.38. The Labute approximate surface area is 237 Å². The highest BCUT2D eigenvalue weighted by atomic mass is 32.1. The zero-order valence-corrected chi connectivity index (χ0v) is 23.5. The minimum Gasteiger partial charge on any atom is -0.336 e. The van der Waals surface area contributed by atoms with E-state index in [1.807, 2.05) is 13.8 Å². The van der Waals surface area contributed by atoms with E-state index in [2.05, 4.69) is 9.97 Å². The monoisotopic (exact) mass is 583 g/mol. The summed E-state index contributed by atoms with van der Waals surface area (Å²) in [4.78, 5) is 51.6. The van der Waals surface area contributed by atoms with Gasteiger partial charge >= 0.3 is 6.18 Å². The zero-order chi connectivity index (χ0) is 29.2. The van der Waals surface area contributed by atoms with Crippen LogP contribution >= 0.6 is 11.3 Å². The van der Waals surface area contributed by atoms with Crippen LogP contribution in [0.1, 0.15) is 53.2 Å². The van der Waals surface area contributed by atoms with Crippen molar-refractivity contribution in [2.75, 3.05) is 13.1 Å². The molecular weight excluding hydrogens is 555 g/mol. The van der Waals surface area contributed by atoms with Gasteiger partial charge in [-0.3, -0.25) is 24.3 Å². The van der Waals surface area contributed by atoms with Gasteiger partial charge in [-0.1, -0.05) is 13.8 Å². The molecule has 0 radical (unpaired) electrons. The van der Waals surface area contributed by atoms with Crippen LogP contribution in [-0.4, -0.2) is 56.6 Å². The first-order chi connectivity index (χ1) is 19.2. The van der Waals surface area contributed by atoms with Crippen molar-refractivity contribution in [1.82, 2.24) is 19.8 Å². The third-order valence-corrected chi connectivity index (χ3v) is 10.7. The smallest absolute Gasteiger partial charge is 0.336 e. The lowest BCUT2D eigenvalue weighted by molar-refractivity contribution is -0.144. The van der Waals surface area contributed by atoms with Crippen LogP contribution in [0.5, 0.6) is 0 Å². The van der Waals surface area contributed by atoms with E-state index < -0.39 is 17.8 Å². The number of carbonyl (C=O) groups is 3. The topological polar surface area (TPSA) is 109 Å². The van der Waals surface area contributed by atoms with Crippen molar-refractivity contribution < 1.29 is 27.6 Å². The predicted octanol–water partition coefficient (Wildman–Crippen LogP) is 4.39. The van der Waals surface area contributed by atoms with Gasteiger partial charge in [-0.15, -0.1) is 11.3 Å². The molecule has 2 saturated heterocycles. The number of thiophene rings is 1.